The van der Waals surface area contributed by atoms with Gasteiger partial charge in [0.2, 0.25) is 6.10 Å². The molecular formula is C15H12Cl2N2O5S. The molecule has 7 nitrogen and oxygen atoms in total. The number of benzene rings is 2. The number of halogens is 2. The molecule has 0 saturated heterocycles. The Morgan fingerprint density at radius 2 is 1.80 bits per heavy atom. The SMILES string of the molecule is O=C(NNS(=O)(=O)c1cccc(Cl)c1Cl)[C@H]1COc2ccccc2O1. The molecule has 2 aromatic rings. The average molecular weight is 403 g/mol. The maximum atomic E-state index is 12.2. The van der Waals surface area contributed by atoms with Crippen LogP contribution in [-0.4, -0.2) is 27.0 Å². The van der Waals surface area contributed by atoms with Crippen LogP contribution in [-0.2, 0) is 14.8 Å². The van der Waals surface area contributed by atoms with Crippen molar-refractivity contribution >= 4 is 39.1 Å². The van der Waals surface area contributed by atoms with Crippen molar-refractivity contribution in [3.63, 3.8) is 0 Å². The van der Waals surface area contributed by atoms with Gasteiger partial charge in [0.05, 0.1) is 10.0 Å². The second kappa shape index (κ2) is 7.09. The normalized spacial score (nSPS) is 16.3. The maximum absolute atomic E-state index is 12.2. The number of fused-ring (bicyclic) bond motifs is 1. The summed E-state index contributed by atoms with van der Waals surface area (Å²) in [5.74, 6) is 0.198. The molecular weight excluding hydrogens is 391 g/mol. The van der Waals surface area contributed by atoms with E-state index in [1.165, 1.54) is 18.2 Å². The van der Waals surface area contributed by atoms with Crippen molar-refractivity contribution in [2.75, 3.05) is 6.61 Å². The predicted molar refractivity (Wildman–Crippen MR) is 91.3 cm³/mol. The maximum Gasteiger partial charge on any atom is 0.279 e. The number of rotatable bonds is 4. The summed E-state index contributed by atoms with van der Waals surface area (Å²) in [7, 11) is -4.10. The number of ether oxygens (including phenoxy) is 2. The van der Waals surface area contributed by atoms with Crippen molar-refractivity contribution in [1.29, 1.82) is 0 Å². The lowest BCUT2D eigenvalue weighted by Crippen LogP contribution is -2.50. The molecule has 1 amide bonds. The molecule has 1 atom stereocenters. The van der Waals surface area contributed by atoms with Gasteiger partial charge in [0.25, 0.3) is 15.9 Å². The number of para-hydroxylation sites is 2. The highest BCUT2D eigenvalue weighted by Crippen LogP contribution is 2.31. The Morgan fingerprint density at radius 3 is 2.56 bits per heavy atom. The quantitative estimate of drug-likeness (QED) is 0.764. The van der Waals surface area contributed by atoms with Gasteiger partial charge in [-0.3, -0.25) is 10.2 Å². The van der Waals surface area contributed by atoms with E-state index < -0.39 is 22.0 Å². The summed E-state index contributed by atoms with van der Waals surface area (Å²) >= 11 is 11.7. The molecule has 25 heavy (non-hydrogen) atoms. The van der Waals surface area contributed by atoms with E-state index in [-0.39, 0.29) is 21.5 Å². The van der Waals surface area contributed by atoms with E-state index in [0.717, 1.165) is 0 Å². The van der Waals surface area contributed by atoms with Gasteiger partial charge < -0.3 is 9.47 Å². The predicted octanol–water partition coefficient (Wildman–Crippen LogP) is 2.14. The summed E-state index contributed by atoms with van der Waals surface area (Å²) in [4.78, 5) is 13.8. The zero-order chi connectivity index (χ0) is 18.0. The molecule has 0 unspecified atom stereocenters. The Kier molecular flexibility index (Phi) is 5.05. The molecule has 2 aromatic carbocycles. The summed E-state index contributed by atoms with van der Waals surface area (Å²) in [5, 5.41) is -0.0615. The first-order valence-corrected chi connectivity index (χ1v) is 9.26. The summed E-state index contributed by atoms with van der Waals surface area (Å²) in [6, 6.07) is 11.0. The zero-order valence-electron chi connectivity index (χ0n) is 12.5. The molecule has 10 heteroatoms. The van der Waals surface area contributed by atoms with Crippen LogP contribution in [0.25, 0.3) is 0 Å². The minimum Gasteiger partial charge on any atom is -0.485 e. The van der Waals surface area contributed by atoms with E-state index >= 15 is 0 Å². The number of carbonyl (C=O) groups excluding carboxylic acids is 1. The average Bonchev–Trinajstić information content (AvgIpc) is 2.61. The summed E-state index contributed by atoms with van der Waals surface area (Å²) in [6.45, 7) is -0.0531. The lowest BCUT2D eigenvalue weighted by molar-refractivity contribution is -0.130. The highest BCUT2D eigenvalue weighted by atomic mass is 35.5. The highest BCUT2D eigenvalue weighted by molar-refractivity contribution is 7.89. The second-order valence-corrected chi connectivity index (χ2v) is 7.45. The fraction of sp³-hybridized carbons (Fsp3) is 0.133. The van der Waals surface area contributed by atoms with Gasteiger partial charge in [0.1, 0.15) is 11.5 Å². The smallest absolute Gasteiger partial charge is 0.279 e. The van der Waals surface area contributed by atoms with Crippen LogP contribution < -0.4 is 19.7 Å². The van der Waals surface area contributed by atoms with Gasteiger partial charge in [-0.25, -0.2) is 8.42 Å². The van der Waals surface area contributed by atoms with Crippen LogP contribution >= 0.6 is 23.2 Å². The monoisotopic (exact) mass is 402 g/mol. The lowest BCUT2D eigenvalue weighted by atomic mass is 10.2. The third-order valence-electron chi connectivity index (χ3n) is 3.32. The lowest BCUT2D eigenvalue weighted by Gasteiger charge is -2.25. The van der Waals surface area contributed by atoms with Crippen LogP contribution in [0.15, 0.2) is 47.4 Å². The third-order valence-corrected chi connectivity index (χ3v) is 5.54. The van der Waals surface area contributed by atoms with E-state index in [9.17, 15) is 13.2 Å². The van der Waals surface area contributed by atoms with Crippen molar-refractivity contribution in [2.45, 2.75) is 11.0 Å². The van der Waals surface area contributed by atoms with Gasteiger partial charge in [-0.1, -0.05) is 41.4 Å². The van der Waals surface area contributed by atoms with Gasteiger partial charge >= 0.3 is 0 Å². The minimum absolute atomic E-state index is 0.0531. The van der Waals surface area contributed by atoms with E-state index in [1.807, 2.05) is 4.83 Å². The Bertz CT molecular complexity index is 920. The molecule has 0 fully saturated rings. The van der Waals surface area contributed by atoms with Gasteiger partial charge in [-0.15, -0.1) is 4.83 Å². The number of hydrogen-bond acceptors (Lipinski definition) is 5. The van der Waals surface area contributed by atoms with Crippen molar-refractivity contribution < 1.29 is 22.7 Å². The van der Waals surface area contributed by atoms with Crippen LogP contribution in [0.3, 0.4) is 0 Å². The summed E-state index contributed by atoms with van der Waals surface area (Å²) in [5.41, 5.74) is 2.09. The topological polar surface area (TPSA) is 93.7 Å². The first kappa shape index (κ1) is 17.8. The first-order chi connectivity index (χ1) is 11.9. The third kappa shape index (κ3) is 3.82. The minimum atomic E-state index is -4.10. The van der Waals surface area contributed by atoms with Gasteiger partial charge in [-0.05, 0) is 24.3 Å². The molecule has 0 radical (unpaired) electrons. The molecule has 2 N–H and O–H groups in total. The van der Waals surface area contributed by atoms with E-state index in [0.29, 0.717) is 11.5 Å². The van der Waals surface area contributed by atoms with Crippen LogP contribution in [0.2, 0.25) is 10.0 Å². The summed E-state index contributed by atoms with van der Waals surface area (Å²) in [6.07, 6.45) is -1.01. The Morgan fingerprint density at radius 1 is 1.08 bits per heavy atom. The van der Waals surface area contributed by atoms with Crippen LogP contribution in [0.5, 0.6) is 11.5 Å². The highest BCUT2D eigenvalue weighted by Gasteiger charge is 2.29. The fourth-order valence-electron chi connectivity index (χ4n) is 2.09. The summed E-state index contributed by atoms with van der Waals surface area (Å²) < 4.78 is 35.4. The van der Waals surface area contributed by atoms with Crippen LogP contribution in [0, 0.1) is 0 Å². The number of hydrazine groups is 1. The largest absolute Gasteiger partial charge is 0.485 e. The van der Waals surface area contributed by atoms with Crippen LogP contribution in [0.1, 0.15) is 0 Å². The molecule has 1 aliphatic rings. The number of nitrogens with one attached hydrogen (secondary N) is 2. The Labute approximate surface area is 153 Å². The molecule has 132 valence electrons. The second-order valence-electron chi connectivity index (χ2n) is 5.01. The van der Waals surface area contributed by atoms with Crippen molar-refractivity contribution in [3.05, 3.63) is 52.5 Å². The number of carbonyl (C=O) groups is 1. The molecule has 0 spiro atoms. The number of amides is 1. The molecule has 1 heterocycles. The van der Waals surface area contributed by atoms with Crippen molar-refractivity contribution in [1.82, 2.24) is 10.3 Å². The molecule has 1 aliphatic heterocycles. The fourth-order valence-corrected chi connectivity index (χ4v) is 3.70. The van der Waals surface area contributed by atoms with Crippen molar-refractivity contribution in [3.8, 4) is 11.5 Å². The van der Waals surface area contributed by atoms with E-state index in [1.54, 1.807) is 24.3 Å². The van der Waals surface area contributed by atoms with Crippen LogP contribution in [0.4, 0.5) is 0 Å². The number of hydrogen-bond donors (Lipinski definition) is 2. The molecule has 0 aliphatic carbocycles. The molecule has 0 bridgehead atoms. The molecule has 0 aromatic heterocycles. The molecule has 3 rings (SSSR count). The molecule has 0 saturated carbocycles. The van der Waals surface area contributed by atoms with Gasteiger partial charge in [-0.2, -0.15) is 0 Å². The van der Waals surface area contributed by atoms with E-state index in [4.69, 9.17) is 32.7 Å². The van der Waals surface area contributed by atoms with Crippen molar-refractivity contribution in [2.24, 2.45) is 0 Å². The Hall–Kier alpha value is -2.00. The first-order valence-electron chi connectivity index (χ1n) is 7.02. The number of sulfonamides is 1. The van der Waals surface area contributed by atoms with Gasteiger partial charge in [0.15, 0.2) is 11.5 Å². The Balaban J connectivity index is 1.67. The van der Waals surface area contributed by atoms with Gasteiger partial charge in [0, 0.05) is 0 Å². The standard InChI is InChI=1S/C15H12Cl2N2O5S/c16-9-4-3-7-13(14(9)17)25(21,22)19-18-15(20)12-8-23-10-5-1-2-6-11(10)24-12/h1-7,12,19H,8H2,(H,18,20)/t12-/m1/s1. The zero-order valence-corrected chi connectivity index (χ0v) is 14.9. The van der Waals surface area contributed by atoms with E-state index in [2.05, 4.69) is 5.43 Å².